The first kappa shape index (κ1) is 17.3. The molecule has 0 aliphatic rings. The van der Waals surface area contributed by atoms with E-state index in [1.54, 1.807) is 0 Å². The summed E-state index contributed by atoms with van der Waals surface area (Å²) in [5.74, 6) is 0. The highest BCUT2D eigenvalue weighted by atomic mass is 14.9. The Hall–Kier alpha value is -3.07. The summed E-state index contributed by atoms with van der Waals surface area (Å²) in [6.45, 7) is 8.51. The van der Waals surface area contributed by atoms with Crippen molar-refractivity contribution in [3.05, 3.63) is 77.4 Å². The number of aryl methyl sites for hydroxylation is 4. The molecule has 4 aromatic rings. The van der Waals surface area contributed by atoms with Gasteiger partial charge in [-0.05, 0) is 51.0 Å². The third kappa shape index (κ3) is 2.99. The van der Waals surface area contributed by atoms with Crippen molar-refractivity contribution in [2.75, 3.05) is 0 Å². The van der Waals surface area contributed by atoms with Crippen LogP contribution in [0.2, 0.25) is 0 Å². The molecule has 0 radical (unpaired) electrons. The van der Waals surface area contributed by atoms with Crippen molar-refractivity contribution in [3.63, 3.8) is 0 Å². The van der Waals surface area contributed by atoms with Crippen LogP contribution >= 0.6 is 0 Å². The van der Waals surface area contributed by atoms with Gasteiger partial charge in [0.05, 0.1) is 28.5 Å². The average molecular weight is 354 g/mol. The zero-order valence-corrected chi connectivity index (χ0v) is 16.5. The lowest BCUT2D eigenvalue weighted by Crippen LogP contribution is -2.31. The lowest BCUT2D eigenvalue weighted by atomic mass is 9.93. The summed E-state index contributed by atoms with van der Waals surface area (Å²) in [6, 6.07) is 13.1. The third-order valence-corrected chi connectivity index (χ3v) is 5.30. The molecule has 3 heteroatoms. The van der Waals surface area contributed by atoms with Crippen LogP contribution in [0, 0.1) is 27.7 Å². The highest BCUT2D eigenvalue weighted by molar-refractivity contribution is 6.01. The highest BCUT2D eigenvalue weighted by Crippen LogP contribution is 2.34. The lowest BCUT2D eigenvalue weighted by molar-refractivity contribution is -0.659. The molecule has 0 bridgehead atoms. The molecule has 134 valence electrons. The van der Waals surface area contributed by atoms with E-state index in [4.69, 9.17) is 0 Å². The van der Waals surface area contributed by atoms with Crippen molar-refractivity contribution >= 4 is 10.8 Å². The average Bonchev–Trinajstić information content (AvgIpc) is 2.65. The Kier molecular flexibility index (Phi) is 4.23. The topological polar surface area (TPSA) is 29.7 Å². The maximum atomic E-state index is 4.60. The molecule has 0 aliphatic heterocycles. The Morgan fingerprint density at radius 1 is 0.815 bits per heavy atom. The molecule has 0 saturated heterocycles. The molecule has 0 unspecified atom stereocenters. The first-order valence-corrected chi connectivity index (χ1v) is 9.24. The molecule has 0 N–H and O–H groups in total. The molecule has 0 fully saturated rings. The van der Waals surface area contributed by atoms with Crippen LogP contribution in [0.25, 0.3) is 33.3 Å². The summed E-state index contributed by atoms with van der Waals surface area (Å²) in [7, 11) is 2.12. The molecule has 2 aromatic heterocycles. The summed E-state index contributed by atoms with van der Waals surface area (Å²) < 4.78 is 2.22. The van der Waals surface area contributed by atoms with Crippen molar-refractivity contribution in [3.8, 4) is 22.5 Å². The van der Waals surface area contributed by atoms with Crippen molar-refractivity contribution < 1.29 is 4.57 Å². The van der Waals surface area contributed by atoms with Gasteiger partial charge in [-0.25, -0.2) is 4.57 Å². The number of hydrogen-bond donors (Lipinski definition) is 0. The number of benzene rings is 2. The van der Waals surface area contributed by atoms with E-state index in [0.717, 1.165) is 17.0 Å². The Balaban J connectivity index is 2.05. The molecule has 0 spiro atoms. The third-order valence-electron chi connectivity index (χ3n) is 5.30. The molecule has 2 aromatic carbocycles. The first-order valence-electron chi connectivity index (χ1n) is 9.24. The molecule has 0 amide bonds. The van der Waals surface area contributed by atoms with E-state index >= 15 is 0 Å². The van der Waals surface area contributed by atoms with Crippen LogP contribution in [-0.2, 0) is 7.05 Å². The lowest BCUT2D eigenvalue weighted by Gasteiger charge is -2.13. The number of aromatic nitrogens is 3. The fourth-order valence-electron chi connectivity index (χ4n) is 3.78. The van der Waals surface area contributed by atoms with Crippen molar-refractivity contribution in [2.45, 2.75) is 27.7 Å². The van der Waals surface area contributed by atoms with Crippen LogP contribution in [0.1, 0.15) is 22.4 Å². The molecule has 3 nitrogen and oxygen atoms in total. The molecule has 27 heavy (non-hydrogen) atoms. The standard InChI is InChI=1S/C24H24N3/c1-15-11-16(2)18(4)22(12-15)24-21-8-6-7-20(19(21)9-10-27(24)5)23-14-25-17(3)13-26-23/h6-14H,1-5H3/q+1. The fraction of sp³-hybridized carbons (Fsp3) is 0.208. The zero-order chi connectivity index (χ0) is 19.1. The van der Waals surface area contributed by atoms with Gasteiger partial charge in [0.25, 0.3) is 0 Å². The Labute approximate surface area is 160 Å². The van der Waals surface area contributed by atoms with Crippen LogP contribution in [0.5, 0.6) is 0 Å². The van der Waals surface area contributed by atoms with Crippen LogP contribution in [0.4, 0.5) is 0 Å². The van der Waals surface area contributed by atoms with E-state index < -0.39 is 0 Å². The van der Waals surface area contributed by atoms with Crippen molar-refractivity contribution in [2.24, 2.45) is 7.05 Å². The molecule has 0 saturated carbocycles. The van der Waals surface area contributed by atoms with E-state index in [9.17, 15) is 0 Å². The van der Waals surface area contributed by atoms with Gasteiger partial charge in [-0.1, -0.05) is 23.8 Å². The molecule has 2 heterocycles. The van der Waals surface area contributed by atoms with Crippen molar-refractivity contribution in [1.29, 1.82) is 0 Å². The smallest absolute Gasteiger partial charge is 0.220 e. The molecule has 0 atom stereocenters. The van der Waals surface area contributed by atoms with Crippen LogP contribution < -0.4 is 4.57 Å². The van der Waals surface area contributed by atoms with Crippen LogP contribution in [0.3, 0.4) is 0 Å². The normalized spacial score (nSPS) is 11.1. The highest BCUT2D eigenvalue weighted by Gasteiger charge is 2.20. The van der Waals surface area contributed by atoms with Gasteiger partial charge in [-0.2, -0.15) is 0 Å². The predicted octanol–water partition coefficient (Wildman–Crippen LogP) is 5.02. The van der Waals surface area contributed by atoms with Gasteiger partial charge in [-0.15, -0.1) is 0 Å². The van der Waals surface area contributed by atoms with Gasteiger partial charge in [0, 0.05) is 23.2 Å². The molecular weight excluding hydrogens is 330 g/mol. The zero-order valence-electron chi connectivity index (χ0n) is 16.5. The number of rotatable bonds is 2. The summed E-state index contributed by atoms with van der Waals surface area (Å²) in [4.78, 5) is 9.03. The first-order chi connectivity index (χ1) is 13.0. The minimum Gasteiger partial charge on any atom is -0.258 e. The Bertz CT molecular complexity index is 1160. The number of fused-ring (bicyclic) bond motifs is 1. The quantitative estimate of drug-likeness (QED) is 0.473. The van der Waals surface area contributed by atoms with Gasteiger partial charge in [0.15, 0.2) is 6.20 Å². The number of hydrogen-bond acceptors (Lipinski definition) is 2. The predicted molar refractivity (Wildman–Crippen MR) is 111 cm³/mol. The second-order valence-electron chi connectivity index (χ2n) is 7.34. The van der Waals surface area contributed by atoms with Crippen LogP contribution in [-0.4, -0.2) is 9.97 Å². The summed E-state index contributed by atoms with van der Waals surface area (Å²) in [5.41, 5.74) is 9.40. The van der Waals surface area contributed by atoms with E-state index in [-0.39, 0.29) is 0 Å². The second kappa shape index (κ2) is 6.58. The maximum Gasteiger partial charge on any atom is 0.220 e. The summed E-state index contributed by atoms with van der Waals surface area (Å²) in [5, 5.41) is 2.43. The summed E-state index contributed by atoms with van der Waals surface area (Å²) in [6.07, 6.45) is 5.82. The maximum absolute atomic E-state index is 4.60. The molecule has 4 rings (SSSR count). The number of pyridine rings is 1. The Morgan fingerprint density at radius 3 is 2.37 bits per heavy atom. The van der Waals surface area contributed by atoms with E-state index in [1.165, 1.54) is 38.7 Å². The van der Waals surface area contributed by atoms with Crippen molar-refractivity contribution in [1.82, 2.24) is 9.97 Å². The van der Waals surface area contributed by atoms with Gasteiger partial charge >= 0.3 is 0 Å². The van der Waals surface area contributed by atoms with E-state index in [0.29, 0.717) is 0 Å². The monoisotopic (exact) mass is 354 g/mol. The fourth-order valence-corrected chi connectivity index (χ4v) is 3.78. The summed E-state index contributed by atoms with van der Waals surface area (Å²) >= 11 is 0. The van der Waals surface area contributed by atoms with E-state index in [1.807, 2.05) is 19.3 Å². The minimum atomic E-state index is 0.906. The SMILES string of the molecule is Cc1cc(C)c(C)c(-c2c3cccc(-c4cnc(C)cn4)c3cc[n+]2C)c1. The molecule has 0 aliphatic carbocycles. The van der Waals surface area contributed by atoms with Gasteiger partial charge in [0.2, 0.25) is 5.69 Å². The molecular formula is C24H24N3+. The van der Waals surface area contributed by atoms with Gasteiger partial charge < -0.3 is 0 Å². The number of nitrogens with zero attached hydrogens (tertiary/aromatic N) is 3. The second-order valence-corrected chi connectivity index (χ2v) is 7.34. The minimum absolute atomic E-state index is 0.906. The van der Waals surface area contributed by atoms with Gasteiger partial charge in [0.1, 0.15) is 7.05 Å². The Morgan fingerprint density at radius 2 is 1.63 bits per heavy atom. The van der Waals surface area contributed by atoms with Gasteiger partial charge in [-0.3, -0.25) is 9.97 Å². The van der Waals surface area contributed by atoms with E-state index in [2.05, 4.69) is 84.9 Å². The van der Waals surface area contributed by atoms with Crippen LogP contribution in [0.15, 0.2) is 55.0 Å². The largest absolute Gasteiger partial charge is 0.258 e.